The standard InChI is InChI=1S/C19H20N4O2/c1-13-6-7-17(22-11-13)23-18(24)8-9-20-19(25)10-14-12-21-16-5-3-2-4-15(14)16/h2-7,11-12,21H,8-10H2,1H3,(H,20,25)(H,22,23,24). The highest BCUT2D eigenvalue weighted by Crippen LogP contribution is 2.17. The van der Waals surface area contributed by atoms with E-state index in [9.17, 15) is 9.59 Å². The van der Waals surface area contributed by atoms with Crippen LogP contribution in [0.3, 0.4) is 0 Å². The number of H-pyrrole nitrogens is 1. The van der Waals surface area contributed by atoms with E-state index in [1.807, 2.05) is 43.5 Å². The van der Waals surface area contributed by atoms with Crippen molar-refractivity contribution in [2.45, 2.75) is 19.8 Å². The van der Waals surface area contributed by atoms with E-state index < -0.39 is 0 Å². The largest absolute Gasteiger partial charge is 0.361 e. The van der Waals surface area contributed by atoms with Crippen molar-refractivity contribution in [3.05, 3.63) is 59.9 Å². The fraction of sp³-hybridized carbons (Fsp3) is 0.211. The number of pyridine rings is 1. The monoisotopic (exact) mass is 336 g/mol. The third-order valence-electron chi connectivity index (χ3n) is 3.88. The van der Waals surface area contributed by atoms with E-state index in [0.717, 1.165) is 22.0 Å². The molecule has 128 valence electrons. The number of carbonyl (C=O) groups is 2. The van der Waals surface area contributed by atoms with Gasteiger partial charge in [0.2, 0.25) is 11.8 Å². The highest BCUT2D eigenvalue weighted by molar-refractivity contribution is 5.91. The topological polar surface area (TPSA) is 86.9 Å². The minimum absolute atomic E-state index is 0.106. The van der Waals surface area contributed by atoms with Crippen LogP contribution in [-0.4, -0.2) is 28.3 Å². The van der Waals surface area contributed by atoms with Gasteiger partial charge < -0.3 is 15.6 Å². The van der Waals surface area contributed by atoms with Crippen LogP contribution in [0.5, 0.6) is 0 Å². The van der Waals surface area contributed by atoms with E-state index in [2.05, 4.69) is 20.6 Å². The summed E-state index contributed by atoms with van der Waals surface area (Å²) in [7, 11) is 0. The second-order valence-electron chi connectivity index (χ2n) is 5.91. The lowest BCUT2D eigenvalue weighted by molar-refractivity contribution is -0.120. The summed E-state index contributed by atoms with van der Waals surface area (Å²) >= 11 is 0. The molecule has 0 bridgehead atoms. The Morgan fingerprint density at radius 1 is 1.12 bits per heavy atom. The molecule has 0 aliphatic rings. The first-order valence-corrected chi connectivity index (χ1v) is 8.16. The number of aromatic nitrogens is 2. The average molecular weight is 336 g/mol. The van der Waals surface area contributed by atoms with Crippen molar-refractivity contribution in [3.8, 4) is 0 Å². The molecule has 0 saturated carbocycles. The van der Waals surface area contributed by atoms with Gasteiger partial charge in [0.25, 0.3) is 0 Å². The Labute approximate surface area is 145 Å². The highest BCUT2D eigenvalue weighted by Gasteiger charge is 2.09. The van der Waals surface area contributed by atoms with E-state index in [0.29, 0.717) is 12.4 Å². The van der Waals surface area contributed by atoms with Gasteiger partial charge in [0.05, 0.1) is 6.42 Å². The Morgan fingerprint density at radius 3 is 2.76 bits per heavy atom. The van der Waals surface area contributed by atoms with Gasteiger partial charge in [0.1, 0.15) is 5.82 Å². The van der Waals surface area contributed by atoms with Gasteiger partial charge in [-0.05, 0) is 30.2 Å². The highest BCUT2D eigenvalue weighted by atomic mass is 16.2. The van der Waals surface area contributed by atoms with E-state index in [1.54, 1.807) is 12.3 Å². The molecule has 6 heteroatoms. The van der Waals surface area contributed by atoms with Crippen molar-refractivity contribution in [1.29, 1.82) is 0 Å². The molecule has 6 nitrogen and oxygen atoms in total. The minimum Gasteiger partial charge on any atom is -0.361 e. The van der Waals surface area contributed by atoms with Gasteiger partial charge in [-0.3, -0.25) is 9.59 Å². The number of benzene rings is 1. The summed E-state index contributed by atoms with van der Waals surface area (Å²) in [6, 6.07) is 11.5. The van der Waals surface area contributed by atoms with E-state index in [4.69, 9.17) is 0 Å². The number of anilines is 1. The summed E-state index contributed by atoms with van der Waals surface area (Å²) in [5.41, 5.74) is 2.99. The van der Waals surface area contributed by atoms with Crippen LogP contribution in [-0.2, 0) is 16.0 Å². The third-order valence-corrected chi connectivity index (χ3v) is 3.88. The molecule has 2 aromatic heterocycles. The van der Waals surface area contributed by atoms with Crippen molar-refractivity contribution in [2.24, 2.45) is 0 Å². The molecule has 0 spiro atoms. The fourth-order valence-corrected chi connectivity index (χ4v) is 2.58. The molecule has 3 aromatic rings. The Kier molecular flexibility index (Phi) is 5.09. The van der Waals surface area contributed by atoms with E-state index >= 15 is 0 Å². The van der Waals surface area contributed by atoms with Crippen LogP contribution in [0.2, 0.25) is 0 Å². The Balaban J connectivity index is 1.44. The molecule has 0 atom stereocenters. The van der Waals surface area contributed by atoms with Gasteiger partial charge in [-0.25, -0.2) is 4.98 Å². The van der Waals surface area contributed by atoms with Gasteiger partial charge in [-0.15, -0.1) is 0 Å². The molecule has 0 aliphatic heterocycles. The molecular weight excluding hydrogens is 316 g/mol. The van der Waals surface area contributed by atoms with Gasteiger partial charge >= 0.3 is 0 Å². The lowest BCUT2D eigenvalue weighted by Gasteiger charge is -2.06. The molecule has 0 unspecified atom stereocenters. The number of para-hydroxylation sites is 1. The summed E-state index contributed by atoms with van der Waals surface area (Å²) in [5.74, 6) is 0.232. The summed E-state index contributed by atoms with van der Waals surface area (Å²) in [6.07, 6.45) is 4.03. The average Bonchev–Trinajstić information content (AvgIpc) is 3.00. The zero-order chi connectivity index (χ0) is 17.6. The minimum atomic E-state index is -0.177. The molecule has 3 rings (SSSR count). The van der Waals surface area contributed by atoms with Crippen LogP contribution in [0.25, 0.3) is 10.9 Å². The lowest BCUT2D eigenvalue weighted by Crippen LogP contribution is -2.28. The number of aryl methyl sites for hydroxylation is 1. The van der Waals surface area contributed by atoms with Crippen molar-refractivity contribution < 1.29 is 9.59 Å². The lowest BCUT2D eigenvalue weighted by atomic mass is 10.1. The molecule has 2 amide bonds. The molecule has 0 saturated heterocycles. The summed E-state index contributed by atoms with van der Waals surface area (Å²) in [6.45, 7) is 2.22. The number of amides is 2. The summed E-state index contributed by atoms with van der Waals surface area (Å²) < 4.78 is 0. The quantitative estimate of drug-likeness (QED) is 0.646. The Hall–Kier alpha value is -3.15. The van der Waals surface area contributed by atoms with Crippen LogP contribution < -0.4 is 10.6 Å². The molecule has 2 heterocycles. The molecule has 0 radical (unpaired) electrons. The molecule has 0 aliphatic carbocycles. The number of carbonyl (C=O) groups excluding carboxylic acids is 2. The number of aromatic amines is 1. The number of hydrogen-bond acceptors (Lipinski definition) is 3. The zero-order valence-corrected chi connectivity index (χ0v) is 14.0. The van der Waals surface area contributed by atoms with Crippen molar-refractivity contribution >= 4 is 28.5 Å². The second-order valence-corrected chi connectivity index (χ2v) is 5.91. The number of nitrogens with zero attached hydrogens (tertiary/aromatic N) is 1. The molecule has 0 fully saturated rings. The van der Waals surface area contributed by atoms with Crippen molar-refractivity contribution in [2.75, 3.05) is 11.9 Å². The molecule has 1 aromatic carbocycles. The van der Waals surface area contributed by atoms with E-state index in [1.165, 1.54) is 0 Å². The van der Waals surface area contributed by atoms with Crippen molar-refractivity contribution in [3.63, 3.8) is 0 Å². The second kappa shape index (κ2) is 7.61. The van der Waals surface area contributed by atoms with Crippen LogP contribution in [0.1, 0.15) is 17.5 Å². The van der Waals surface area contributed by atoms with Crippen LogP contribution >= 0.6 is 0 Å². The first-order valence-electron chi connectivity index (χ1n) is 8.16. The van der Waals surface area contributed by atoms with Crippen LogP contribution in [0, 0.1) is 6.92 Å². The van der Waals surface area contributed by atoms with Gasteiger partial charge in [0, 0.05) is 36.3 Å². The number of fused-ring (bicyclic) bond motifs is 1. The number of nitrogens with one attached hydrogen (secondary N) is 3. The zero-order valence-electron chi connectivity index (χ0n) is 14.0. The molecule has 3 N–H and O–H groups in total. The van der Waals surface area contributed by atoms with Gasteiger partial charge in [-0.1, -0.05) is 24.3 Å². The smallest absolute Gasteiger partial charge is 0.227 e. The maximum Gasteiger partial charge on any atom is 0.227 e. The summed E-state index contributed by atoms with van der Waals surface area (Å²) in [5, 5.41) is 6.53. The Morgan fingerprint density at radius 2 is 1.96 bits per heavy atom. The van der Waals surface area contributed by atoms with Gasteiger partial charge in [-0.2, -0.15) is 0 Å². The Bertz CT molecular complexity index is 884. The first kappa shape index (κ1) is 16.7. The first-order chi connectivity index (χ1) is 12.1. The van der Waals surface area contributed by atoms with Crippen molar-refractivity contribution in [1.82, 2.24) is 15.3 Å². The SMILES string of the molecule is Cc1ccc(NC(=O)CCNC(=O)Cc2c[nH]c3ccccc23)nc1. The number of hydrogen-bond donors (Lipinski definition) is 3. The predicted octanol–water partition coefficient (Wildman–Crippen LogP) is 2.56. The predicted molar refractivity (Wildman–Crippen MR) is 97.2 cm³/mol. The maximum absolute atomic E-state index is 12.1. The summed E-state index contributed by atoms with van der Waals surface area (Å²) in [4.78, 5) is 31.2. The third kappa shape index (κ3) is 4.44. The normalized spacial score (nSPS) is 10.6. The maximum atomic E-state index is 12.1. The van der Waals surface area contributed by atoms with Crippen LogP contribution in [0.4, 0.5) is 5.82 Å². The van der Waals surface area contributed by atoms with Crippen LogP contribution in [0.15, 0.2) is 48.8 Å². The fourth-order valence-electron chi connectivity index (χ4n) is 2.58. The van der Waals surface area contributed by atoms with Gasteiger partial charge in [0.15, 0.2) is 0 Å². The molecule has 25 heavy (non-hydrogen) atoms. The molecular formula is C19H20N4O2. The number of rotatable bonds is 6. The van der Waals surface area contributed by atoms with E-state index in [-0.39, 0.29) is 24.7 Å².